The minimum atomic E-state index is 0.400. The summed E-state index contributed by atoms with van der Waals surface area (Å²) in [5.41, 5.74) is 1.68. The van der Waals surface area contributed by atoms with E-state index in [0.29, 0.717) is 11.5 Å². The Kier molecular flexibility index (Phi) is 3.91. The van der Waals surface area contributed by atoms with Crippen molar-refractivity contribution in [3.63, 3.8) is 0 Å². The van der Waals surface area contributed by atoms with Gasteiger partial charge >= 0.3 is 0 Å². The van der Waals surface area contributed by atoms with Crippen molar-refractivity contribution in [3.05, 3.63) is 18.0 Å². The van der Waals surface area contributed by atoms with E-state index in [1.165, 1.54) is 12.0 Å². The lowest BCUT2D eigenvalue weighted by molar-refractivity contribution is 0.338. The van der Waals surface area contributed by atoms with Crippen molar-refractivity contribution < 1.29 is 0 Å². The third-order valence-corrected chi connectivity index (χ3v) is 2.66. The highest BCUT2D eigenvalue weighted by Crippen LogP contribution is 2.26. The van der Waals surface area contributed by atoms with Gasteiger partial charge < -0.3 is 5.32 Å². The molecule has 0 radical (unpaired) electrons. The third kappa shape index (κ3) is 4.04. The fraction of sp³-hybridized carbons (Fsp3) is 0.750. The van der Waals surface area contributed by atoms with Gasteiger partial charge in [0.05, 0.1) is 6.20 Å². The van der Waals surface area contributed by atoms with Crippen LogP contribution in [-0.4, -0.2) is 16.8 Å². The van der Waals surface area contributed by atoms with Crippen molar-refractivity contribution in [1.82, 2.24) is 15.1 Å². The van der Waals surface area contributed by atoms with Gasteiger partial charge in [-0.25, -0.2) is 0 Å². The monoisotopic (exact) mass is 209 g/mol. The first-order valence-corrected chi connectivity index (χ1v) is 5.58. The summed E-state index contributed by atoms with van der Waals surface area (Å²) in [6, 6.07) is 0.429. The quantitative estimate of drug-likeness (QED) is 0.825. The summed E-state index contributed by atoms with van der Waals surface area (Å²) >= 11 is 0. The molecule has 1 rings (SSSR count). The molecule has 86 valence electrons. The zero-order valence-corrected chi connectivity index (χ0v) is 10.5. The van der Waals surface area contributed by atoms with Gasteiger partial charge in [0.15, 0.2) is 0 Å². The summed E-state index contributed by atoms with van der Waals surface area (Å²) < 4.78 is 1.86. The molecule has 0 spiro atoms. The van der Waals surface area contributed by atoms with E-state index in [9.17, 15) is 0 Å². The number of hydrogen-bond acceptors (Lipinski definition) is 2. The van der Waals surface area contributed by atoms with Crippen molar-refractivity contribution in [2.45, 2.75) is 39.7 Å². The van der Waals surface area contributed by atoms with Gasteiger partial charge in [0, 0.05) is 24.8 Å². The lowest BCUT2D eigenvalue weighted by atomic mass is 9.88. The van der Waals surface area contributed by atoms with Crippen LogP contribution < -0.4 is 5.32 Å². The Labute approximate surface area is 92.9 Å². The average molecular weight is 209 g/mol. The zero-order valence-electron chi connectivity index (χ0n) is 10.5. The van der Waals surface area contributed by atoms with Crippen LogP contribution in [0.25, 0.3) is 0 Å². The summed E-state index contributed by atoms with van der Waals surface area (Å²) in [6.07, 6.45) is 6.41. The second-order valence-electron chi connectivity index (χ2n) is 5.39. The molecule has 3 heteroatoms. The number of hydrogen-bond donors (Lipinski definition) is 1. The Bertz CT molecular complexity index is 296. The molecule has 0 amide bonds. The molecule has 1 aromatic rings. The summed E-state index contributed by atoms with van der Waals surface area (Å²) in [5.74, 6) is 0. The largest absolute Gasteiger partial charge is 0.313 e. The van der Waals surface area contributed by atoms with Crippen molar-refractivity contribution in [3.8, 4) is 0 Å². The number of aryl methyl sites for hydroxylation is 1. The maximum Gasteiger partial charge on any atom is 0.0537 e. The summed E-state index contributed by atoms with van der Waals surface area (Å²) in [7, 11) is 3.97. The molecule has 0 aliphatic carbocycles. The van der Waals surface area contributed by atoms with Gasteiger partial charge in [0.1, 0.15) is 0 Å². The van der Waals surface area contributed by atoms with Crippen molar-refractivity contribution in [1.29, 1.82) is 0 Å². The first-order valence-electron chi connectivity index (χ1n) is 5.58. The van der Waals surface area contributed by atoms with Gasteiger partial charge in [0.2, 0.25) is 0 Å². The van der Waals surface area contributed by atoms with E-state index in [-0.39, 0.29) is 0 Å². The summed E-state index contributed by atoms with van der Waals surface area (Å²) in [6.45, 7) is 6.84. The van der Waals surface area contributed by atoms with Crippen LogP contribution in [0, 0.1) is 5.41 Å². The number of nitrogens with one attached hydrogen (secondary N) is 1. The molecule has 0 aromatic carbocycles. The van der Waals surface area contributed by atoms with Crippen LogP contribution in [0.2, 0.25) is 0 Å². The second-order valence-corrected chi connectivity index (χ2v) is 5.39. The normalized spacial score (nSPS) is 14.2. The van der Waals surface area contributed by atoms with E-state index < -0.39 is 0 Å². The fourth-order valence-corrected chi connectivity index (χ4v) is 1.68. The smallest absolute Gasteiger partial charge is 0.0537 e. The number of rotatable bonds is 4. The van der Waals surface area contributed by atoms with Crippen LogP contribution in [0.5, 0.6) is 0 Å². The van der Waals surface area contributed by atoms with Gasteiger partial charge in [-0.05, 0) is 25.3 Å². The molecule has 15 heavy (non-hydrogen) atoms. The van der Waals surface area contributed by atoms with E-state index in [4.69, 9.17) is 0 Å². The first-order chi connectivity index (χ1) is 6.92. The Morgan fingerprint density at radius 3 is 2.53 bits per heavy atom. The second kappa shape index (κ2) is 4.79. The predicted octanol–water partition coefficient (Wildman–Crippen LogP) is 2.51. The molecule has 1 atom stereocenters. The van der Waals surface area contributed by atoms with Crippen LogP contribution >= 0.6 is 0 Å². The molecule has 0 aliphatic heterocycles. The molecular weight excluding hydrogens is 186 g/mol. The summed E-state index contributed by atoms with van der Waals surface area (Å²) in [5, 5.41) is 7.56. The minimum Gasteiger partial charge on any atom is -0.313 e. The van der Waals surface area contributed by atoms with Crippen LogP contribution in [0.15, 0.2) is 12.4 Å². The molecule has 0 aliphatic rings. The van der Waals surface area contributed by atoms with Gasteiger partial charge in [-0.2, -0.15) is 5.10 Å². The molecule has 3 nitrogen and oxygen atoms in total. The fourth-order valence-electron chi connectivity index (χ4n) is 1.68. The van der Waals surface area contributed by atoms with Crippen molar-refractivity contribution in [2.75, 3.05) is 7.05 Å². The standard InChI is InChI=1S/C12H23N3/c1-12(2,3)7-6-11(13-4)10-8-14-15(5)9-10/h8-9,11,13H,6-7H2,1-5H3. The van der Waals surface area contributed by atoms with Crippen molar-refractivity contribution >= 4 is 0 Å². The van der Waals surface area contributed by atoms with Gasteiger partial charge in [0.25, 0.3) is 0 Å². The van der Waals surface area contributed by atoms with Gasteiger partial charge in [-0.1, -0.05) is 20.8 Å². The van der Waals surface area contributed by atoms with Crippen LogP contribution in [-0.2, 0) is 7.05 Å². The van der Waals surface area contributed by atoms with Crippen LogP contribution in [0.4, 0.5) is 0 Å². The highest BCUT2D eigenvalue weighted by atomic mass is 15.2. The van der Waals surface area contributed by atoms with E-state index in [1.807, 2.05) is 25.0 Å². The predicted molar refractivity (Wildman–Crippen MR) is 63.7 cm³/mol. The molecule has 1 unspecified atom stereocenters. The average Bonchev–Trinajstić information content (AvgIpc) is 2.51. The Hall–Kier alpha value is -0.830. The van der Waals surface area contributed by atoms with Crippen LogP contribution in [0.3, 0.4) is 0 Å². The van der Waals surface area contributed by atoms with Crippen LogP contribution in [0.1, 0.15) is 45.2 Å². The maximum absolute atomic E-state index is 4.21. The number of aromatic nitrogens is 2. The molecule has 0 saturated carbocycles. The summed E-state index contributed by atoms with van der Waals surface area (Å²) in [4.78, 5) is 0. The van der Waals surface area contributed by atoms with Crippen molar-refractivity contribution in [2.24, 2.45) is 12.5 Å². The van der Waals surface area contributed by atoms with E-state index >= 15 is 0 Å². The lowest BCUT2D eigenvalue weighted by Crippen LogP contribution is -2.18. The Morgan fingerprint density at radius 2 is 2.13 bits per heavy atom. The number of nitrogens with zero attached hydrogens (tertiary/aromatic N) is 2. The molecular formula is C12H23N3. The van der Waals surface area contributed by atoms with E-state index in [2.05, 4.69) is 37.4 Å². The highest BCUT2D eigenvalue weighted by Gasteiger charge is 2.16. The third-order valence-electron chi connectivity index (χ3n) is 2.66. The molecule has 0 bridgehead atoms. The highest BCUT2D eigenvalue weighted by molar-refractivity contribution is 5.09. The zero-order chi connectivity index (χ0) is 11.5. The minimum absolute atomic E-state index is 0.400. The molecule has 1 N–H and O–H groups in total. The molecule has 1 aromatic heterocycles. The van der Waals surface area contributed by atoms with E-state index in [1.54, 1.807) is 0 Å². The maximum atomic E-state index is 4.21. The lowest BCUT2D eigenvalue weighted by Gasteiger charge is -2.22. The van der Waals surface area contributed by atoms with Gasteiger partial charge in [-0.3, -0.25) is 4.68 Å². The topological polar surface area (TPSA) is 29.9 Å². The molecule has 0 saturated heterocycles. The molecule has 0 fully saturated rings. The van der Waals surface area contributed by atoms with Gasteiger partial charge in [-0.15, -0.1) is 0 Å². The Balaban J connectivity index is 2.57. The SMILES string of the molecule is CNC(CCC(C)(C)C)c1cnn(C)c1. The Morgan fingerprint density at radius 1 is 1.47 bits per heavy atom. The van der Waals surface area contributed by atoms with E-state index in [0.717, 1.165) is 6.42 Å². The first kappa shape index (κ1) is 12.2. The molecule has 1 heterocycles.